The van der Waals surface area contributed by atoms with E-state index in [1.165, 1.54) is 0 Å². The van der Waals surface area contributed by atoms with E-state index < -0.39 is 10.0 Å². The van der Waals surface area contributed by atoms with Crippen LogP contribution in [0.1, 0.15) is 38.3 Å². The lowest BCUT2D eigenvalue weighted by atomic mass is 9.99. The average molecular weight is 482 g/mol. The molecular formula is C26H31N3O2S2. The van der Waals surface area contributed by atoms with E-state index in [2.05, 4.69) is 30.3 Å². The van der Waals surface area contributed by atoms with Gasteiger partial charge in [0.05, 0.1) is 4.90 Å². The lowest BCUT2D eigenvalue weighted by Crippen LogP contribution is -2.29. The largest absolute Gasteiger partial charge is 0.283 e. The molecule has 0 aromatic heterocycles. The predicted octanol–water partition coefficient (Wildman–Crippen LogP) is 6.26. The molecule has 0 atom stereocenters. The number of aryl methyl sites for hydroxylation is 1. The van der Waals surface area contributed by atoms with E-state index in [9.17, 15) is 8.42 Å². The van der Waals surface area contributed by atoms with Gasteiger partial charge < -0.3 is 0 Å². The molecule has 0 bridgehead atoms. The van der Waals surface area contributed by atoms with Crippen LogP contribution < -0.4 is 0 Å². The number of hydrogen-bond donors (Lipinski definition) is 1. The number of amidine groups is 1. The Balaban J connectivity index is 2.06. The van der Waals surface area contributed by atoms with Crippen LogP contribution in [0.5, 0.6) is 0 Å². The molecule has 0 fully saturated rings. The van der Waals surface area contributed by atoms with Gasteiger partial charge in [0, 0.05) is 35.3 Å². The highest BCUT2D eigenvalue weighted by Crippen LogP contribution is 2.36. The molecule has 174 valence electrons. The second-order valence-electron chi connectivity index (χ2n) is 7.66. The Morgan fingerprint density at radius 1 is 1.09 bits per heavy atom. The maximum Gasteiger partial charge on any atom is 0.269 e. The smallest absolute Gasteiger partial charge is 0.269 e. The SMILES string of the molecule is C/C=C\C/C=C1/C(=N)N(S(=O)(=O)c2ccc(C)cc2)C=C1c1cccc(SN(CC)CC)c1. The summed E-state index contributed by atoms with van der Waals surface area (Å²) in [4.78, 5) is 1.25. The van der Waals surface area contributed by atoms with Crippen LogP contribution in [0.2, 0.25) is 0 Å². The van der Waals surface area contributed by atoms with Crippen molar-refractivity contribution in [1.82, 2.24) is 8.61 Å². The summed E-state index contributed by atoms with van der Waals surface area (Å²) in [6.07, 6.45) is 8.06. The maximum atomic E-state index is 13.4. The Morgan fingerprint density at radius 2 is 1.79 bits per heavy atom. The second kappa shape index (κ2) is 11.0. The van der Waals surface area contributed by atoms with Gasteiger partial charge in [0.1, 0.15) is 5.84 Å². The minimum absolute atomic E-state index is 0.0307. The standard InChI is InChI=1S/C26H31N3O2S2/c1-5-8-9-13-24-25(21-11-10-12-22(18-21)32-28(6-2)7-3)19-29(26(24)27)33(30,31)23-16-14-20(4)15-17-23/h5,8,10-19,27H,6-7,9H2,1-4H3/b8-5-,24-13+,27-26?. The van der Waals surface area contributed by atoms with Gasteiger partial charge in [-0.05, 0) is 62.0 Å². The fraction of sp³-hybridized carbons (Fsp3) is 0.269. The van der Waals surface area contributed by atoms with Gasteiger partial charge in [-0.15, -0.1) is 0 Å². The monoisotopic (exact) mass is 481 g/mol. The second-order valence-corrected chi connectivity index (χ2v) is 10.6. The first kappa shape index (κ1) is 25.0. The molecule has 3 rings (SSSR count). The first-order valence-corrected chi connectivity index (χ1v) is 13.3. The summed E-state index contributed by atoms with van der Waals surface area (Å²) in [5.41, 5.74) is 3.23. The summed E-state index contributed by atoms with van der Waals surface area (Å²) in [6.45, 7) is 9.95. The molecule has 1 N–H and O–H groups in total. The molecular weight excluding hydrogens is 450 g/mol. The zero-order chi connectivity index (χ0) is 24.0. The van der Waals surface area contributed by atoms with Gasteiger partial charge in [0.25, 0.3) is 10.0 Å². The first-order valence-electron chi connectivity index (χ1n) is 11.1. The van der Waals surface area contributed by atoms with Gasteiger partial charge >= 0.3 is 0 Å². The third-order valence-electron chi connectivity index (χ3n) is 5.37. The molecule has 2 aromatic carbocycles. The van der Waals surface area contributed by atoms with Crippen LogP contribution in [0.4, 0.5) is 0 Å². The molecule has 0 unspecified atom stereocenters. The number of hydrogen-bond acceptors (Lipinski definition) is 5. The number of allylic oxidation sites excluding steroid dienone is 3. The van der Waals surface area contributed by atoms with Gasteiger partial charge in [-0.25, -0.2) is 17.0 Å². The topological polar surface area (TPSA) is 64.5 Å². The van der Waals surface area contributed by atoms with Crippen LogP contribution in [-0.2, 0) is 10.0 Å². The van der Waals surface area contributed by atoms with Gasteiger partial charge in [-0.2, -0.15) is 0 Å². The molecule has 33 heavy (non-hydrogen) atoms. The minimum Gasteiger partial charge on any atom is -0.283 e. The van der Waals surface area contributed by atoms with Gasteiger partial charge in [-0.3, -0.25) is 5.41 Å². The summed E-state index contributed by atoms with van der Waals surface area (Å²) >= 11 is 1.68. The molecule has 1 heterocycles. The third kappa shape index (κ3) is 5.66. The molecule has 0 spiro atoms. The number of rotatable bonds is 9. The zero-order valence-electron chi connectivity index (χ0n) is 19.6. The molecule has 5 nitrogen and oxygen atoms in total. The summed E-state index contributed by atoms with van der Waals surface area (Å²) in [5.74, 6) is -0.0307. The van der Waals surface area contributed by atoms with Crippen LogP contribution >= 0.6 is 11.9 Å². The first-order chi connectivity index (χ1) is 15.8. The summed E-state index contributed by atoms with van der Waals surface area (Å²) < 4.78 is 30.1. The Kier molecular flexibility index (Phi) is 8.35. The van der Waals surface area contributed by atoms with Crippen LogP contribution in [-0.4, -0.2) is 36.0 Å². The van der Waals surface area contributed by atoms with Crippen LogP contribution in [0.25, 0.3) is 5.57 Å². The zero-order valence-corrected chi connectivity index (χ0v) is 21.2. The summed E-state index contributed by atoms with van der Waals surface area (Å²) in [5, 5.41) is 8.74. The highest BCUT2D eigenvalue weighted by Gasteiger charge is 2.34. The number of nitrogens with one attached hydrogen (secondary N) is 1. The highest BCUT2D eigenvalue weighted by atomic mass is 32.2. The Labute approximate surface area is 202 Å². The van der Waals surface area contributed by atoms with Crippen LogP contribution in [0.15, 0.2) is 88.3 Å². The quantitative estimate of drug-likeness (QED) is 0.339. The Bertz CT molecular complexity index is 1190. The van der Waals surface area contributed by atoms with E-state index in [-0.39, 0.29) is 10.7 Å². The molecule has 1 aliphatic heterocycles. The van der Waals surface area contributed by atoms with Crippen molar-refractivity contribution >= 4 is 33.4 Å². The lowest BCUT2D eigenvalue weighted by molar-refractivity contribution is 0.525. The van der Waals surface area contributed by atoms with Gasteiger partial charge in [-0.1, -0.05) is 61.9 Å². The molecule has 2 aromatic rings. The van der Waals surface area contributed by atoms with Crippen LogP contribution in [0.3, 0.4) is 0 Å². The van der Waals surface area contributed by atoms with Crippen molar-refractivity contribution in [1.29, 1.82) is 5.41 Å². The fourth-order valence-electron chi connectivity index (χ4n) is 3.49. The molecule has 0 amide bonds. The highest BCUT2D eigenvalue weighted by molar-refractivity contribution is 7.97. The van der Waals surface area contributed by atoms with E-state index >= 15 is 0 Å². The van der Waals surface area contributed by atoms with Crippen molar-refractivity contribution in [3.05, 3.63) is 89.7 Å². The van der Waals surface area contributed by atoms with Gasteiger partial charge in [0.15, 0.2) is 0 Å². The fourth-order valence-corrected chi connectivity index (χ4v) is 5.66. The van der Waals surface area contributed by atoms with E-state index in [4.69, 9.17) is 5.41 Å². The molecule has 1 aliphatic rings. The number of nitrogens with zero attached hydrogens (tertiary/aromatic N) is 2. The lowest BCUT2D eigenvalue weighted by Gasteiger charge is -2.17. The van der Waals surface area contributed by atoms with Crippen molar-refractivity contribution in [2.24, 2.45) is 0 Å². The van der Waals surface area contributed by atoms with E-state index in [1.54, 1.807) is 42.4 Å². The third-order valence-corrected chi connectivity index (χ3v) is 8.28. The minimum atomic E-state index is -3.89. The average Bonchev–Trinajstić information content (AvgIpc) is 3.15. The molecule has 0 aliphatic carbocycles. The van der Waals surface area contributed by atoms with Crippen molar-refractivity contribution in [3.8, 4) is 0 Å². The Hall–Kier alpha value is -2.61. The van der Waals surface area contributed by atoms with E-state index in [0.29, 0.717) is 12.0 Å². The van der Waals surface area contributed by atoms with E-state index in [1.807, 2.05) is 44.2 Å². The number of benzene rings is 2. The van der Waals surface area contributed by atoms with Crippen LogP contribution in [0, 0.1) is 12.3 Å². The molecule has 0 saturated heterocycles. The molecule has 0 radical (unpaired) electrons. The van der Waals surface area contributed by atoms with Crippen molar-refractivity contribution in [3.63, 3.8) is 0 Å². The molecule has 7 heteroatoms. The van der Waals surface area contributed by atoms with Crippen molar-refractivity contribution in [2.75, 3.05) is 13.1 Å². The van der Waals surface area contributed by atoms with Crippen molar-refractivity contribution in [2.45, 2.75) is 43.9 Å². The predicted molar refractivity (Wildman–Crippen MR) is 139 cm³/mol. The summed E-state index contributed by atoms with van der Waals surface area (Å²) in [7, 11) is -3.89. The van der Waals surface area contributed by atoms with Crippen molar-refractivity contribution < 1.29 is 8.42 Å². The maximum absolute atomic E-state index is 13.4. The Morgan fingerprint density at radius 3 is 2.42 bits per heavy atom. The normalized spacial score (nSPS) is 15.8. The molecule has 0 saturated carbocycles. The van der Waals surface area contributed by atoms with E-state index in [0.717, 1.165) is 39.0 Å². The number of sulfonamides is 1. The van der Waals surface area contributed by atoms with Gasteiger partial charge in [0.2, 0.25) is 0 Å². The summed E-state index contributed by atoms with van der Waals surface area (Å²) in [6, 6.07) is 14.8.